The summed E-state index contributed by atoms with van der Waals surface area (Å²) < 4.78 is 0. The van der Waals surface area contributed by atoms with Gasteiger partial charge < -0.3 is 10.3 Å². The highest BCUT2D eigenvalue weighted by molar-refractivity contribution is 8.00. The fourth-order valence-electron chi connectivity index (χ4n) is 3.04. The molecular weight excluding hydrogens is 294 g/mol. The predicted molar refractivity (Wildman–Crippen MR) is 91.0 cm³/mol. The highest BCUT2D eigenvalue weighted by Crippen LogP contribution is 2.26. The monoisotopic (exact) mass is 317 g/mol. The molecule has 1 aliphatic rings. The van der Waals surface area contributed by atoms with Crippen LogP contribution in [0.1, 0.15) is 39.5 Å². The number of rotatable bonds is 4. The maximum absolute atomic E-state index is 12.4. The molecule has 1 aliphatic carbocycles. The van der Waals surface area contributed by atoms with Gasteiger partial charge in [-0.25, -0.2) is 4.98 Å². The smallest absolute Gasteiger partial charge is 0.233 e. The molecule has 0 unspecified atom stereocenters. The Bertz CT molecular complexity index is 621. The van der Waals surface area contributed by atoms with Gasteiger partial charge in [-0.1, -0.05) is 43.7 Å². The molecule has 0 saturated heterocycles. The zero-order valence-electron chi connectivity index (χ0n) is 13.1. The molecule has 0 radical (unpaired) electrons. The van der Waals surface area contributed by atoms with Crippen LogP contribution in [0.25, 0.3) is 11.0 Å². The summed E-state index contributed by atoms with van der Waals surface area (Å²) in [6, 6.07) is 8.26. The number of aromatic nitrogens is 2. The minimum Gasteiger partial charge on any atom is -0.352 e. The first-order chi connectivity index (χ1) is 10.6. The number of para-hydroxylation sites is 2. The van der Waals surface area contributed by atoms with E-state index in [2.05, 4.69) is 22.2 Å². The average Bonchev–Trinajstić information content (AvgIpc) is 2.91. The van der Waals surface area contributed by atoms with E-state index in [0.717, 1.165) is 22.6 Å². The average molecular weight is 317 g/mol. The fourth-order valence-corrected chi connectivity index (χ4v) is 3.87. The number of hydrogen-bond acceptors (Lipinski definition) is 3. The van der Waals surface area contributed by atoms with Crippen LogP contribution in [0.4, 0.5) is 0 Å². The van der Waals surface area contributed by atoms with Crippen molar-refractivity contribution in [2.45, 2.75) is 56.0 Å². The van der Waals surface area contributed by atoms with E-state index in [-0.39, 0.29) is 11.2 Å². The number of carbonyl (C=O) groups is 1. The van der Waals surface area contributed by atoms with Crippen molar-refractivity contribution in [3.8, 4) is 0 Å². The molecular formula is C17H23N3OS. The van der Waals surface area contributed by atoms with Gasteiger partial charge in [0.05, 0.1) is 16.3 Å². The van der Waals surface area contributed by atoms with Crippen LogP contribution in [0.15, 0.2) is 29.4 Å². The number of amides is 1. The van der Waals surface area contributed by atoms with E-state index in [1.54, 1.807) is 0 Å². The van der Waals surface area contributed by atoms with E-state index < -0.39 is 0 Å². The van der Waals surface area contributed by atoms with Crippen LogP contribution in [0, 0.1) is 5.92 Å². The van der Waals surface area contributed by atoms with E-state index in [4.69, 9.17) is 0 Å². The summed E-state index contributed by atoms with van der Waals surface area (Å²) in [6.45, 7) is 4.18. The number of hydrogen-bond donors (Lipinski definition) is 2. The first kappa shape index (κ1) is 15.4. The van der Waals surface area contributed by atoms with Crippen LogP contribution < -0.4 is 5.32 Å². The van der Waals surface area contributed by atoms with Gasteiger partial charge in [0, 0.05) is 6.04 Å². The zero-order valence-corrected chi connectivity index (χ0v) is 14.0. The Labute approximate surface area is 135 Å². The molecule has 3 rings (SSSR count). The minimum absolute atomic E-state index is 0.115. The number of nitrogens with one attached hydrogen (secondary N) is 2. The van der Waals surface area contributed by atoms with Crippen molar-refractivity contribution in [3.63, 3.8) is 0 Å². The van der Waals surface area contributed by atoms with Gasteiger partial charge in [-0.3, -0.25) is 4.79 Å². The lowest BCUT2D eigenvalue weighted by molar-refractivity contribution is -0.121. The minimum atomic E-state index is -0.144. The number of H-pyrrole nitrogens is 1. The van der Waals surface area contributed by atoms with Crippen LogP contribution in [-0.4, -0.2) is 27.2 Å². The number of fused-ring (bicyclic) bond motifs is 1. The first-order valence-electron chi connectivity index (χ1n) is 8.05. The summed E-state index contributed by atoms with van der Waals surface area (Å²) in [6.07, 6.45) is 4.84. The van der Waals surface area contributed by atoms with Crippen molar-refractivity contribution in [3.05, 3.63) is 24.3 Å². The molecule has 3 atom stereocenters. The van der Waals surface area contributed by atoms with Gasteiger partial charge in [0.1, 0.15) is 0 Å². The maximum Gasteiger partial charge on any atom is 0.233 e. The Morgan fingerprint density at radius 1 is 1.36 bits per heavy atom. The van der Waals surface area contributed by atoms with E-state index >= 15 is 0 Å². The second-order valence-corrected chi connectivity index (χ2v) is 7.53. The Morgan fingerprint density at radius 2 is 2.14 bits per heavy atom. The van der Waals surface area contributed by atoms with Crippen LogP contribution in [0.5, 0.6) is 0 Å². The molecule has 22 heavy (non-hydrogen) atoms. The molecule has 0 spiro atoms. The normalized spacial score (nSPS) is 23.4. The van der Waals surface area contributed by atoms with Crippen LogP contribution >= 0.6 is 11.8 Å². The molecule has 1 saturated carbocycles. The van der Waals surface area contributed by atoms with Crippen molar-refractivity contribution >= 4 is 28.7 Å². The number of aromatic amines is 1. The van der Waals surface area contributed by atoms with Gasteiger partial charge in [-0.05, 0) is 37.8 Å². The summed E-state index contributed by atoms with van der Waals surface area (Å²) in [7, 11) is 0. The van der Waals surface area contributed by atoms with Gasteiger partial charge in [0.2, 0.25) is 5.91 Å². The molecule has 1 aromatic heterocycles. The zero-order chi connectivity index (χ0) is 15.5. The second kappa shape index (κ2) is 6.73. The van der Waals surface area contributed by atoms with Crippen LogP contribution in [-0.2, 0) is 4.79 Å². The number of nitrogens with zero attached hydrogens (tertiary/aromatic N) is 1. The number of carbonyl (C=O) groups excluding carboxylic acids is 1. The third-order valence-corrected chi connectivity index (χ3v) is 5.45. The van der Waals surface area contributed by atoms with Gasteiger partial charge in [0.25, 0.3) is 0 Å². The van der Waals surface area contributed by atoms with E-state index in [0.29, 0.717) is 12.0 Å². The number of thioether (sulfide) groups is 1. The molecule has 0 aliphatic heterocycles. The van der Waals surface area contributed by atoms with Crippen molar-refractivity contribution in [1.29, 1.82) is 0 Å². The summed E-state index contributed by atoms with van der Waals surface area (Å²) >= 11 is 1.49. The third-order valence-electron chi connectivity index (χ3n) is 4.46. The Kier molecular flexibility index (Phi) is 4.71. The molecule has 118 valence electrons. The quantitative estimate of drug-likeness (QED) is 0.845. The van der Waals surface area contributed by atoms with Crippen LogP contribution in [0.2, 0.25) is 0 Å². The first-order valence-corrected chi connectivity index (χ1v) is 8.93. The van der Waals surface area contributed by atoms with Crippen molar-refractivity contribution in [2.24, 2.45) is 5.92 Å². The summed E-state index contributed by atoms with van der Waals surface area (Å²) in [5, 5.41) is 3.88. The molecule has 1 heterocycles. The SMILES string of the molecule is C[C@@H]1CCCC[C@@H]1NC(=O)[C@@H](C)Sc1nc2ccccc2[nH]1. The van der Waals surface area contributed by atoms with E-state index in [9.17, 15) is 4.79 Å². The fraction of sp³-hybridized carbons (Fsp3) is 0.529. The van der Waals surface area contributed by atoms with Gasteiger partial charge >= 0.3 is 0 Å². The predicted octanol–water partition coefficient (Wildman–Crippen LogP) is 3.74. The van der Waals surface area contributed by atoms with Crippen molar-refractivity contribution < 1.29 is 4.79 Å². The second-order valence-electron chi connectivity index (χ2n) is 6.20. The maximum atomic E-state index is 12.4. The third kappa shape index (κ3) is 3.46. The highest BCUT2D eigenvalue weighted by Gasteiger charge is 2.25. The van der Waals surface area contributed by atoms with Gasteiger partial charge in [-0.15, -0.1) is 0 Å². The molecule has 2 aromatic rings. The lowest BCUT2D eigenvalue weighted by atomic mass is 9.86. The molecule has 0 bridgehead atoms. The van der Waals surface area contributed by atoms with Gasteiger partial charge in [0.15, 0.2) is 5.16 Å². The Balaban J connectivity index is 1.60. The van der Waals surface area contributed by atoms with E-state index in [1.165, 1.54) is 31.0 Å². The Hall–Kier alpha value is -1.49. The van der Waals surface area contributed by atoms with Crippen molar-refractivity contribution in [2.75, 3.05) is 0 Å². The number of benzene rings is 1. The summed E-state index contributed by atoms with van der Waals surface area (Å²) in [5.41, 5.74) is 1.96. The lowest BCUT2D eigenvalue weighted by Gasteiger charge is -2.30. The topological polar surface area (TPSA) is 57.8 Å². The molecule has 5 heteroatoms. The molecule has 1 fully saturated rings. The van der Waals surface area contributed by atoms with Crippen molar-refractivity contribution in [1.82, 2.24) is 15.3 Å². The summed E-state index contributed by atoms with van der Waals surface area (Å²) in [5.74, 6) is 0.699. The highest BCUT2D eigenvalue weighted by atomic mass is 32.2. The lowest BCUT2D eigenvalue weighted by Crippen LogP contribution is -2.44. The largest absolute Gasteiger partial charge is 0.352 e. The van der Waals surface area contributed by atoms with E-state index in [1.807, 2.05) is 31.2 Å². The molecule has 1 aromatic carbocycles. The number of imidazole rings is 1. The molecule has 4 nitrogen and oxygen atoms in total. The standard InChI is InChI=1S/C17H23N3OS/c1-11-7-3-4-8-13(11)18-16(21)12(2)22-17-19-14-9-5-6-10-15(14)20-17/h5-6,9-13H,3-4,7-8H2,1-2H3,(H,18,21)(H,19,20)/t11-,12-,13+/m1/s1. The molecule has 1 amide bonds. The van der Waals surface area contributed by atoms with Crippen LogP contribution in [0.3, 0.4) is 0 Å². The summed E-state index contributed by atoms with van der Waals surface area (Å²) in [4.78, 5) is 20.2. The molecule has 2 N–H and O–H groups in total. The van der Waals surface area contributed by atoms with Gasteiger partial charge in [-0.2, -0.15) is 0 Å². The Morgan fingerprint density at radius 3 is 2.91 bits per heavy atom.